The molecule has 0 saturated carbocycles. The first-order valence-electron chi connectivity index (χ1n) is 15.7. The lowest BCUT2D eigenvalue weighted by Gasteiger charge is -2.28. The lowest BCUT2D eigenvalue weighted by Crippen LogP contribution is -2.44. The van der Waals surface area contributed by atoms with Crippen molar-refractivity contribution in [3.63, 3.8) is 0 Å². The van der Waals surface area contributed by atoms with Crippen LogP contribution in [0.1, 0.15) is 101 Å². The summed E-state index contributed by atoms with van der Waals surface area (Å²) in [6.07, 6.45) is 0.353. The molecular weight excluding hydrogens is 626 g/mol. The van der Waals surface area contributed by atoms with E-state index in [1.54, 1.807) is 0 Å². The zero-order valence-electron chi connectivity index (χ0n) is 30.9. The molecule has 13 nitrogen and oxygen atoms in total. The Kier molecular flexibility index (Phi) is 22.9. The van der Waals surface area contributed by atoms with Gasteiger partial charge in [0.25, 0.3) is 0 Å². The van der Waals surface area contributed by atoms with Crippen molar-refractivity contribution in [1.29, 1.82) is 0 Å². The summed E-state index contributed by atoms with van der Waals surface area (Å²) in [5.41, 5.74) is -3.49. The van der Waals surface area contributed by atoms with E-state index in [9.17, 15) is 33.9 Å². The number of amides is 1. The number of ether oxygens (including phenoxy) is 2. The monoisotopic (exact) mass is 685 g/mol. The number of aliphatic hydroxyl groups is 2. The number of carboxylic acids is 2. The van der Waals surface area contributed by atoms with Crippen molar-refractivity contribution < 1.29 is 58.7 Å². The second-order valence-corrected chi connectivity index (χ2v) is 13.6. The number of carboxylic acid groups (broad SMARTS) is 2. The quantitative estimate of drug-likeness (QED) is 0.157. The third kappa shape index (κ3) is 23.5. The molecule has 0 aliphatic carbocycles. The molecule has 3 unspecified atom stereocenters. The smallest absolute Gasteiger partial charge is 0.410 e. The van der Waals surface area contributed by atoms with E-state index in [4.69, 9.17) is 24.8 Å². The van der Waals surface area contributed by atoms with Crippen LogP contribution in [0.25, 0.3) is 0 Å². The van der Waals surface area contributed by atoms with E-state index in [2.05, 4.69) is 0 Å². The molecule has 0 aromatic heterocycles. The number of nitrogens with zero attached hydrogens (tertiary/aromatic N) is 1. The van der Waals surface area contributed by atoms with E-state index in [0.29, 0.717) is 19.3 Å². The van der Waals surface area contributed by atoms with E-state index in [-0.39, 0.29) is 35.9 Å². The second-order valence-electron chi connectivity index (χ2n) is 13.6. The Morgan fingerprint density at radius 2 is 1.08 bits per heavy atom. The first-order valence-corrected chi connectivity index (χ1v) is 15.7. The molecule has 0 heterocycles. The number of benzene rings is 1. The highest BCUT2D eigenvalue weighted by Gasteiger charge is 2.38. The van der Waals surface area contributed by atoms with Gasteiger partial charge in [-0.05, 0) is 56.9 Å². The lowest BCUT2D eigenvalue weighted by molar-refractivity contribution is -0.166. The molecule has 276 valence electrons. The SMILES string of the molecule is CC(=O)C(C)=O.CC(C)CC(C)(O)C(=O)O.CC(C)CC(C)(O)C(=O)OCc1ccccc1.CC(C)CC(C)(OC(=O)N(C)C)C(=O)O. The zero-order valence-corrected chi connectivity index (χ0v) is 30.9. The summed E-state index contributed by atoms with van der Waals surface area (Å²) < 4.78 is 10.1. The first kappa shape index (κ1) is 48.6. The van der Waals surface area contributed by atoms with Crippen molar-refractivity contribution >= 4 is 35.6 Å². The van der Waals surface area contributed by atoms with Crippen LogP contribution in [0.2, 0.25) is 0 Å². The van der Waals surface area contributed by atoms with E-state index >= 15 is 0 Å². The van der Waals surface area contributed by atoms with Gasteiger partial charge in [0.2, 0.25) is 5.60 Å². The molecule has 3 atom stereocenters. The van der Waals surface area contributed by atoms with Gasteiger partial charge < -0.3 is 34.8 Å². The molecule has 1 rings (SSSR count). The molecule has 0 spiro atoms. The Balaban J connectivity index is -0.000000598. The van der Waals surface area contributed by atoms with Crippen LogP contribution >= 0.6 is 0 Å². The van der Waals surface area contributed by atoms with Crippen LogP contribution in [-0.4, -0.2) is 91.8 Å². The molecule has 48 heavy (non-hydrogen) atoms. The standard InChI is InChI=1S/C14H20O3.C10H19NO4.C7H14O3.C4H6O2/c1-11(2)9-14(3,16)13(15)17-10-12-7-5-4-6-8-12;1-7(2)6-10(3,8(12)13)15-9(14)11(4)5;1-5(2)4-7(3,10)6(8)9;1-3(5)4(2)6/h4-8,11,16H,9-10H2,1-3H3;7H,6H2,1-5H3,(H,12,13);5,10H,4H2,1-3H3,(H,8,9);1-2H3. The molecule has 0 aliphatic heterocycles. The van der Waals surface area contributed by atoms with Gasteiger partial charge in [0.1, 0.15) is 6.61 Å². The summed E-state index contributed by atoms with van der Waals surface area (Å²) in [6, 6.07) is 9.43. The van der Waals surface area contributed by atoms with Gasteiger partial charge in [0.15, 0.2) is 22.8 Å². The van der Waals surface area contributed by atoms with E-state index < -0.39 is 40.8 Å². The Bertz CT molecular complexity index is 1150. The molecule has 0 saturated heterocycles. The minimum absolute atomic E-state index is 0.140. The summed E-state index contributed by atoms with van der Waals surface area (Å²) in [5.74, 6) is -3.01. The summed E-state index contributed by atoms with van der Waals surface area (Å²) in [4.78, 5) is 65.1. The number of esters is 1. The molecule has 0 aliphatic rings. The second kappa shape index (κ2) is 22.7. The van der Waals surface area contributed by atoms with Crippen LogP contribution in [0, 0.1) is 17.8 Å². The highest BCUT2D eigenvalue weighted by atomic mass is 16.6. The van der Waals surface area contributed by atoms with Crippen molar-refractivity contribution in [3.8, 4) is 0 Å². The Morgan fingerprint density at radius 3 is 1.38 bits per heavy atom. The van der Waals surface area contributed by atoms with Crippen LogP contribution in [0.4, 0.5) is 4.79 Å². The highest BCUT2D eigenvalue weighted by Crippen LogP contribution is 2.22. The Labute approximate surface area is 285 Å². The maximum absolute atomic E-state index is 11.7. The number of carbonyl (C=O) groups is 6. The van der Waals surface area contributed by atoms with Crippen molar-refractivity contribution in [2.75, 3.05) is 14.1 Å². The number of carbonyl (C=O) groups excluding carboxylic acids is 4. The lowest BCUT2D eigenvalue weighted by atomic mass is 9.94. The van der Waals surface area contributed by atoms with Gasteiger partial charge in [-0.2, -0.15) is 0 Å². The van der Waals surface area contributed by atoms with Gasteiger partial charge in [-0.15, -0.1) is 0 Å². The maximum Gasteiger partial charge on any atom is 0.410 e. The molecule has 13 heteroatoms. The predicted molar refractivity (Wildman–Crippen MR) is 181 cm³/mol. The third-order valence-electron chi connectivity index (χ3n) is 6.15. The zero-order chi connectivity index (χ0) is 38.6. The maximum atomic E-state index is 11.7. The Hall–Kier alpha value is -3.84. The van der Waals surface area contributed by atoms with Crippen molar-refractivity contribution in [2.45, 2.75) is 119 Å². The number of hydrogen-bond acceptors (Lipinski definition) is 10. The summed E-state index contributed by atoms with van der Waals surface area (Å²) in [6.45, 7) is 18.4. The third-order valence-corrected chi connectivity index (χ3v) is 6.15. The molecule has 0 fully saturated rings. The van der Waals surface area contributed by atoms with E-state index in [1.165, 1.54) is 53.6 Å². The molecule has 0 radical (unpaired) electrons. The first-order chi connectivity index (χ1) is 21.6. The van der Waals surface area contributed by atoms with Crippen LogP contribution in [0.15, 0.2) is 30.3 Å². The van der Waals surface area contributed by atoms with Crippen LogP contribution in [-0.2, 0) is 40.1 Å². The number of Topliss-reactive ketones (excluding diaryl/α,β-unsaturated/α-hetero) is 2. The number of aliphatic carboxylic acids is 2. The van der Waals surface area contributed by atoms with Gasteiger partial charge in [0, 0.05) is 34.4 Å². The van der Waals surface area contributed by atoms with E-state index in [1.807, 2.05) is 71.9 Å². The van der Waals surface area contributed by atoms with Crippen LogP contribution in [0.5, 0.6) is 0 Å². The molecule has 1 aromatic carbocycles. The van der Waals surface area contributed by atoms with Gasteiger partial charge in [-0.3, -0.25) is 9.59 Å². The highest BCUT2D eigenvalue weighted by molar-refractivity contribution is 6.35. The Morgan fingerprint density at radius 1 is 0.688 bits per heavy atom. The van der Waals surface area contributed by atoms with Gasteiger partial charge in [-0.25, -0.2) is 19.2 Å². The number of hydrogen-bond donors (Lipinski definition) is 4. The van der Waals surface area contributed by atoms with Crippen molar-refractivity contribution in [1.82, 2.24) is 4.90 Å². The van der Waals surface area contributed by atoms with Gasteiger partial charge in [0.05, 0.1) is 0 Å². The summed E-state index contributed by atoms with van der Waals surface area (Å²) >= 11 is 0. The fourth-order valence-corrected chi connectivity index (χ4v) is 3.87. The van der Waals surface area contributed by atoms with Crippen molar-refractivity contribution in [2.24, 2.45) is 17.8 Å². The average molecular weight is 686 g/mol. The van der Waals surface area contributed by atoms with Crippen molar-refractivity contribution in [3.05, 3.63) is 35.9 Å². The fraction of sp³-hybridized carbons (Fsp3) is 0.657. The molecule has 1 aromatic rings. The predicted octanol–water partition coefficient (Wildman–Crippen LogP) is 5.13. The minimum atomic E-state index is -1.56. The van der Waals surface area contributed by atoms with Crippen LogP contribution < -0.4 is 0 Å². The number of ketones is 2. The molecule has 1 amide bonds. The fourth-order valence-electron chi connectivity index (χ4n) is 3.87. The van der Waals surface area contributed by atoms with Gasteiger partial charge >= 0.3 is 24.0 Å². The topological polar surface area (TPSA) is 205 Å². The van der Waals surface area contributed by atoms with E-state index in [0.717, 1.165) is 5.56 Å². The van der Waals surface area contributed by atoms with Crippen LogP contribution in [0.3, 0.4) is 0 Å². The average Bonchev–Trinajstić information content (AvgIpc) is 2.91. The normalized spacial score (nSPS) is 14.1. The minimum Gasteiger partial charge on any atom is -0.479 e. The molecular formula is C35H59NO12. The largest absolute Gasteiger partial charge is 0.479 e. The summed E-state index contributed by atoms with van der Waals surface area (Å²) in [5, 5.41) is 36.6. The van der Waals surface area contributed by atoms with Gasteiger partial charge in [-0.1, -0.05) is 71.9 Å². The molecule has 0 bridgehead atoms. The number of rotatable bonds is 13. The summed E-state index contributed by atoms with van der Waals surface area (Å²) in [7, 11) is 3.03. The molecule has 4 N–H and O–H groups in total.